The van der Waals surface area contributed by atoms with Crippen LogP contribution in [0, 0.1) is 0 Å². The van der Waals surface area contributed by atoms with E-state index < -0.39 is 0 Å². The van der Waals surface area contributed by atoms with Gasteiger partial charge in [-0.25, -0.2) is 0 Å². The second kappa shape index (κ2) is 7.34. The molecule has 132 valence electrons. The van der Waals surface area contributed by atoms with Gasteiger partial charge in [-0.15, -0.1) is 0 Å². The number of ether oxygens (including phenoxy) is 2. The topological polar surface area (TPSA) is 62.2 Å². The van der Waals surface area contributed by atoms with Crippen molar-refractivity contribution in [3.63, 3.8) is 0 Å². The highest BCUT2D eigenvalue weighted by Crippen LogP contribution is 2.26. The van der Waals surface area contributed by atoms with E-state index in [1.54, 1.807) is 24.1 Å². The lowest BCUT2D eigenvalue weighted by molar-refractivity contribution is 0.0743. The normalized spacial score (nSPS) is 14.3. The first-order valence-electron chi connectivity index (χ1n) is 8.17. The van der Waals surface area contributed by atoms with Gasteiger partial charge in [-0.2, -0.15) is 0 Å². The van der Waals surface area contributed by atoms with Gasteiger partial charge < -0.3 is 24.4 Å². The molecule has 3 rings (SSSR count). The van der Waals surface area contributed by atoms with Gasteiger partial charge in [-0.1, -0.05) is 6.07 Å². The summed E-state index contributed by atoms with van der Waals surface area (Å²) >= 11 is 0. The smallest absolute Gasteiger partial charge is 0.257 e. The molecule has 0 unspecified atom stereocenters. The molecule has 1 N–H and O–H groups in total. The SMILES string of the molecule is COc1cccc(N2CCN(C(=O)c3cc(OC)ccc3O)CC2)c1. The van der Waals surface area contributed by atoms with Crippen molar-refractivity contribution >= 4 is 11.6 Å². The van der Waals surface area contributed by atoms with E-state index in [0.717, 1.165) is 24.5 Å². The van der Waals surface area contributed by atoms with E-state index in [4.69, 9.17) is 9.47 Å². The zero-order valence-electron chi connectivity index (χ0n) is 14.4. The van der Waals surface area contributed by atoms with Gasteiger partial charge in [0.1, 0.15) is 17.2 Å². The van der Waals surface area contributed by atoms with E-state index in [-0.39, 0.29) is 17.2 Å². The molecule has 0 spiro atoms. The number of rotatable bonds is 4. The number of piperazine rings is 1. The van der Waals surface area contributed by atoms with Gasteiger partial charge in [0.05, 0.1) is 19.8 Å². The van der Waals surface area contributed by atoms with E-state index in [1.165, 1.54) is 13.2 Å². The fourth-order valence-corrected chi connectivity index (χ4v) is 2.96. The summed E-state index contributed by atoms with van der Waals surface area (Å²) in [4.78, 5) is 16.7. The molecule has 1 heterocycles. The van der Waals surface area contributed by atoms with Gasteiger partial charge in [-0.3, -0.25) is 4.79 Å². The Hall–Kier alpha value is -2.89. The van der Waals surface area contributed by atoms with Gasteiger partial charge in [0.15, 0.2) is 0 Å². The van der Waals surface area contributed by atoms with Crippen LogP contribution in [0.2, 0.25) is 0 Å². The molecule has 25 heavy (non-hydrogen) atoms. The molecule has 6 nitrogen and oxygen atoms in total. The molecule has 1 aliphatic heterocycles. The van der Waals surface area contributed by atoms with E-state index in [0.29, 0.717) is 18.8 Å². The Kier molecular flexibility index (Phi) is 4.97. The predicted molar refractivity (Wildman–Crippen MR) is 95.8 cm³/mol. The van der Waals surface area contributed by atoms with E-state index in [2.05, 4.69) is 4.90 Å². The highest BCUT2D eigenvalue weighted by molar-refractivity contribution is 5.97. The van der Waals surface area contributed by atoms with Gasteiger partial charge in [0.2, 0.25) is 0 Å². The average molecular weight is 342 g/mol. The van der Waals surface area contributed by atoms with Crippen molar-refractivity contribution < 1.29 is 19.4 Å². The standard InChI is InChI=1S/C19H22N2O4/c1-24-15-5-3-4-14(12-15)20-8-10-21(11-9-20)19(23)17-13-16(25-2)6-7-18(17)22/h3-7,12-13,22H,8-11H2,1-2H3. The zero-order valence-corrected chi connectivity index (χ0v) is 14.4. The van der Waals surface area contributed by atoms with E-state index >= 15 is 0 Å². The molecule has 0 radical (unpaired) electrons. The molecule has 1 aliphatic rings. The summed E-state index contributed by atoms with van der Waals surface area (Å²) in [5.41, 5.74) is 1.35. The molecule has 2 aromatic carbocycles. The number of benzene rings is 2. The van der Waals surface area contributed by atoms with Crippen molar-refractivity contribution in [2.24, 2.45) is 0 Å². The minimum atomic E-state index is -0.179. The lowest BCUT2D eigenvalue weighted by atomic mass is 10.1. The largest absolute Gasteiger partial charge is 0.507 e. The molecular weight excluding hydrogens is 320 g/mol. The molecule has 0 aromatic heterocycles. The van der Waals surface area contributed by atoms with Crippen molar-refractivity contribution in [3.05, 3.63) is 48.0 Å². The van der Waals surface area contributed by atoms with Crippen LogP contribution in [0.4, 0.5) is 5.69 Å². The van der Waals surface area contributed by atoms with Crippen LogP contribution in [0.1, 0.15) is 10.4 Å². The van der Waals surface area contributed by atoms with Crippen molar-refractivity contribution in [3.8, 4) is 17.2 Å². The number of nitrogens with zero attached hydrogens (tertiary/aromatic N) is 2. The average Bonchev–Trinajstić information content (AvgIpc) is 2.68. The Balaban J connectivity index is 1.68. The maximum Gasteiger partial charge on any atom is 0.257 e. The van der Waals surface area contributed by atoms with Crippen molar-refractivity contribution in [2.45, 2.75) is 0 Å². The molecule has 2 aromatic rings. The van der Waals surface area contributed by atoms with Gasteiger partial charge in [-0.05, 0) is 30.3 Å². The maximum atomic E-state index is 12.7. The number of methoxy groups -OCH3 is 2. The quantitative estimate of drug-likeness (QED) is 0.924. The molecule has 0 bridgehead atoms. The molecule has 0 atom stereocenters. The number of hydrogen-bond donors (Lipinski definition) is 1. The Bertz CT molecular complexity index is 755. The van der Waals surface area contributed by atoms with Crippen molar-refractivity contribution in [1.29, 1.82) is 0 Å². The molecule has 0 saturated carbocycles. The Labute approximate surface area is 147 Å². The first-order chi connectivity index (χ1) is 12.1. The van der Waals surface area contributed by atoms with Crippen LogP contribution >= 0.6 is 0 Å². The summed E-state index contributed by atoms with van der Waals surface area (Å²) in [6.45, 7) is 2.63. The fourth-order valence-electron chi connectivity index (χ4n) is 2.96. The van der Waals surface area contributed by atoms with Crippen LogP contribution in [0.15, 0.2) is 42.5 Å². The summed E-state index contributed by atoms with van der Waals surface area (Å²) < 4.78 is 10.4. The number of phenols is 1. The lowest BCUT2D eigenvalue weighted by Gasteiger charge is -2.36. The molecule has 1 saturated heterocycles. The predicted octanol–water partition coefficient (Wildman–Crippen LogP) is 2.37. The summed E-state index contributed by atoms with van der Waals surface area (Å²) in [7, 11) is 3.18. The van der Waals surface area contributed by atoms with Crippen LogP contribution in [0.5, 0.6) is 17.2 Å². The van der Waals surface area contributed by atoms with Crippen LogP contribution in [0.3, 0.4) is 0 Å². The number of anilines is 1. The third-order valence-corrected chi connectivity index (χ3v) is 4.42. The van der Waals surface area contributed by atoms with Gasteiger partial charge in [0.25, 0.3) is 5.91 Å². The molecule has 0 aliphatic carbocycles. The number of amides is 1. The third-order valence-electron chi connectivity index (χ3n) is 4.42. The minimum Gasteiger partial charge on any atom is -0.507 e. The monoisotopic (exact) mass is 342 g/mol. The van der Waals surface area contributed by atoms with Crippen LogP contribution in [0.25, 0.3) is 0 Å². The third kappa shape index (κ3) is 3.63. The second-order valence-corrected chi connectivity index (χ2v) is 5.86. The Morgan fingerprint density at radius 2 is 1.64 bits per heavy atom. The summed E-state index contributed by atoms with van der Waals surface area (Å²) in [5, 5.41) is 9.99. The molecule has 1 fully saturated rings. The minimum absolute atomic E-state index is 0.0268. The van der Waals surface area contributed by atoms with Gasteiger partial charge in [0, 0.05) is 37.9 Å². The highest BCUT2D eigenvalue weighted by atomic mass is 16.5. The van der Waals surface area contributed by atoms with Crippen LogP contribution in [-0.4, -0.2) is 56.3 Å². The van der Waals surface area contributed by atoms with Gasteiger partial charge >= 0.3 is 0 Å². The number of aromatic hydroxyl groups is 1. The van der Waals surface area contributed by atoms with Crippen LogP contribution in [-0.2, 0) is 0 Å². The van der Waals surface area contributed by atoms with Crippen molar-refractivity contribution in [1.82, 2.24) is 4.90 Å². The number of phenolic OH excluding ortho intramolecular Hbond substituents is 1. The highest BCUT2D eigenvalue weighted by Gasteiger charge is 2.24. The fraction of sp³-hybridized carbons (Fsp3) is 0.316. The summed E-state index contributed by atoms with van der Waals surface area (Å²) in [5.74, 6) is 1.16. The van der Waals surface area contributed by atoms with E-state index in [1.807, 2.05) is 24.3 Å². The second-order valence-electron chi connectivity index (χ2n) is 5.86. The van der Waals surface area contributed by atoms with Crippen LogP contribution < -0.4 is 14.4 Å². The molecule has 6 heteroatoms. The molecular formula is C19H22N2O4. The Morgan fingerprint density at radius 1 is 0.960 bits per heavy atom. The first kappa shape index (κ1) is 17.0. The summed E-state index contributed by atoms with van der Waals surface area (Å²) in [6.07, 6.45) is 0. The summed E-state index contributed by atoms with van der Waals surface area (Å²) in [6, 6.07) is 12.6. The zero-order chi connectivity index (χ0) is 17.8. The first-order valence-corrected chi connectivity index (χ1v) is 8.17. The number of hydrogen-bond acceptors (Lipinski definition) is 5. The van der Waals surface area contributed by atoms with E-state index in [9.17, 15) is 9.90 Å². The molecule has 1 amide bonds. The van der Waals surface area contributed by atoms with Crippen molar-refractivity contribution in [2.75, 3.05) is 45.3 Å². The Morgan fingerprint density at radius 3 is 2.32 bits per heavy atom. The number of carbonyl (C=O) groups is 1. The number of carbonyl (C=O) groups excluding carboxylic acids is 1. The lowest BCUT2D eigenvalue weighted by Crippen LogP contribution is -2.48. The maximum absolute atomic E-state index is 12.7.